The third-order valence-electron chi connectivity index (χ3n) is 5.91. The first-order chi connectivity index (χ1) is 15.3. The Hall–Kier alpha value is -2.67. The highest BCUT2D eigenvalue weighted by atomic mass is 32.1. The van der Waals surface area contributed by atoms with E-state index in [1.54, 1.807) is 23.5 Å². The average molecular weight is 456 g/mol. The van der Waals surface area contributed by atoms with Crippen LogP contribution in [0.1, 0.15) is 49.9 Å². The highest BCUT2D eigenvalue weighted by Crippen LogP contribution is 2.22. The molecule has 0 saturated carbocycles. The van der Waals surface area contributed by atoms with Gasteiger partial charge in [-0.3, -0.25) is 9.59 Å². The summed E-state index contributed by atoms with van der Waals surface area (Å²) in [5, 5.41) is 6.10. The van der Waals surface area contributed by atoms with Crippen molar-refractivity contribution in [1.82, 2.24) is 15.2 Å². The quantitative estimate of drug-likeness (QED) is 0.597. The molecular weight excluding hydrogens is 422 g/mol. The summed E-state index contributed by atoms with van der Waals surface area (Å²) in [6.45, 7) is 9.79. The van der Waals surface area contributed by atoms with Crippen molar-refractivity contribution >= 4 is 29.2 Å². The minimum atomic E-state index is -0.0377. The summed E-state index contributed by atoms with van der Waals surface area (Å²) in [4.78, 5) is 31.4. The van der Waals surface area contributed by atoms with E-state index in [4.69, 9.17) is 4.74 Å². The molecule has 2 heterocycles. The first-order valence-corrected chi connectivity index (χ1v) is 12.1. The van der Waals surface area contributed by atoms with E-state index in [2.05, 4.69) is 24.1 Å². The molecule has 1 aliphatic rings. The van der Waals surface area contributed by atoms with E-state index in [0.29, 0.717) is 38.5 Å². The van der Waals surface area contributed by atoms with Crippen molar-refractivity contribution in [3.05, 3.63) is 52.0 Å². The van der Waals surface area contributed by atoms with Gasteiger partial charge >= 0.3 is 0 Å². The van der Waals surface area contributed by atoms with E-state index in [1.165, 1.54) is 0 Å². The van der Waals surface area contributed by atoms with E-state index in [1.807, 2.05) is 48.4 Å². The van der Waals surface area contributed by atoms with E-state index in [0.717, 1.165) is 22.0 Å². The van der Waals surface area contributed by atoms with Crippen LogP contribution in [0, 0.1) is 18.8 Å². The Bertz CT molecular complexity index is 945. The van der Waals surface area contributed by atoms with Crippen LogP contribution in [0.5, 0.6) is 5.75 Å². The van der Waals surface area contributed by atoms with Gasteiger partial charge < -0.3 is 15.0 Å². The second kappa shape index (κ2) is 11.3. The number of nitrogens with one attached hydrogen (secondary N) is 1. The Morgan fingerprint density at radius 2 is 1.97 bits per heavy atom. The number of amides is 2. The normalized spacial score (nSPS) is 15.8. The maximum atomic E-state index is 12.7. The van der Waals surface area contributed by atoms with E-state index >= 15 is 0 Å². The molecule has 0 bridgehead atoms. The molecule has 6 nitrogen and oxygen atoms in total. The predicted octanol–water partition coefficient (Wildman–Crippen LogP) is 4.44. The van der Waals surface area contributed by atoms with Gasteiger partial charge in [0.15, 0.2) is 0 Å². The molecule has 1 unspecified atom stereocenters. The van der Waals surface area contributed by atoms with Crippen molar-refractivity contribution in [2.45, 2.75) is 53.2 Å². The molecule has 1 fully saturated rings. The van der Waals surface area contributed by atoms with Crippen LogP contribution < -0.4 is 10.1 Å². The van der Waals surface area contributed by atoms with Crippen LogP contribution in [0.2, 0.25) is 0 Å². The van der Waals surface area contributed by atoms with Crippen molar-refractivity contribution in [2.24, 2.45) is 11.8 Å². The number of ether oxygens (including phenoxy) is 1. The maximum Gasteiger partial charge on any atom is 0.246 e. The van der Waals surface area contributed by atoms with Gasteiger partial charge in [0.2, 0.25) is 11.8 Å². The molecule has 3 rings (SSSR count). The van der Waals surface area contributed by atoms with Gasteiger partial charge in [-0.1, -0.05) is 32.0 Å². The molecule has 2 aromatic rings. The van der Waals surface area contributed by atoms with Gasteiger partial charge in [-0.15, -0.1) is 11.3 Å². The predicted molar refractivity (Wildman–Crippen MR) is 128 cm³/mol. The second-order valence-corrected chi connectivity index (χ2v) is 9.72. The summed E-state index contributed by atoms with van der Waals surface area (Å²) in [6.07, 6.45) is 4.79. The number of hydrogen-bond acceptors (Lipinski definition) is 5. The van der Waals surface area contributed by atoms with Crippen molar-refractivity contribution < 1.29 is 14.3 Å². The fourth-order valence-corrected chi connectivity index (χ4v) is 4.11. The summed E-state index contributed by atoms with van der Waals surface area (Å²) < 4.78 is 5.93. The SMILES string of the molecule is Cc1nc(COc2ccccc2/C=C/C(=O)N2CCC(C(=O)NC(C)C(C)C)CC2)cs1. The van der Waals surface area contributed by atoms with Crippen LogP contribution in [-0.4, -0.2) is 40.8 Å². The van der Waals surface area contributed by atoms with Crippen molar-refractivity contribution in [1.29, 1.82) is 0 Å². The number of carbonyl (C=O) groups excluding carboxylic acids is 2. The summed E-state index contributed by atoms with van der Waals surface area (Å²) in [6, 6.07) is 7.82. The molecule has 2 amide bonds. The lowest BCUT2D eigenvalue weighted by atomic mass is 9.94. The Morgan fingerprint density at radius 1 is 1.25 bits per heavy atom. The summed E-state index contributed by atoms with van der Waals surface area (Å²) >= 11 is 1.60. The van der Waals surface area contributed by atoms with Gasteiger partial charge in [0.1, 0.15) is 12.4 Å². The summed E-state index contributed by atoms with van der Waals surface area (Å²) in [7, 11) is 0. The van der Waals surface area contributed by atoms with E-state index < -0.39 is 0 Å². The number of nitrogens with zero attached hydrogens (tertiary/aromatic N) is 2. The number of para-hydroxylation sites is 1. The van der Waals surface area contributed by atoms with Crippen LogP contribution in [0.3, 0.4) is 0 Å². The van der Waals surface area contributed by atoms with Crippen LogP contribution in [-0.2, 0) is 16.2 Å². The molecule has 1 N–H and O–H groups in total. The third-order valence-corrected chi connectivity index (χ3v) is 6.74. The first-order valence-electron chi connectivity index (χ1n) is 11.2. The lowest BCUT2D eigenvalue weighted by Gasteiger charge is -2.31. The fraction of sp³-hybridized carbons (Fsp3) is 0.480. The molecule has 1 saturated heterocycles. The Kier molecular flexibility index (Phi) is 8.45. The minimum absolute atomic E-state index is 0.0206. The number of piperidine rings is 1. The third kappa shape index (κ3) is 6.66. The lowest BCUT2D eigenvalue weighted by molar-refractivity contribution is -0.132. The van der Waals surface area contributed by atoms with E-state index in [9.17, 15) is 9.59 Å². The van der Waals surface area contributed by atoms with Gasteiger partial charge in [0.05, 0.1) is 10.7 Å². The van der Waals surface area contributed by atoms with Crippen LogP contribution in [0.4, 0.5) is 0 Å². The van der Waals surface area contributed by atoms with Gasteiger partial charge in [0, 0.05) is 42.1 Å². The largest absolute Gasteiger partial charge is 0.487 e. The Labute approximate surface area is 194 Å². The number of thiazole rings is 1. The highest BCUT2D eigenvalue weighted by Gasteiger charge is 2.27. The molecular formula is C25H33N3O3S. The molecule has 1 aliphatic heterocycles. The molecule has 0 spiro atoms. The Morgan fingerprint density at radius 3 is 2.62 bits per heavy atom. The molecule has 1 aromatic heterocycles. The molecule has 1 aromatic carbocycles. The number of likely N-dealkylation sites (tertiary alicyclic amines) is 1. The Balaban J connectivity index is 1.52. The standard InChI is InChI=1S/C25H33N3O3S/c1-17(2)18(3)26-25(30)21-11-13-28(14-12-21)24(29)10-9-20-7-5-6-8-23(20)31-15-22-16-32-19(4)27-22/h5-10,16-18,21H,11-15H2,1-4H3,(H,26,30)/b10-9+. The van der Waals surface area contributed by atoms with Gasteiger partial charge in [-0.05, 0) is 44.7 Å². The molecule has 172 valence electrons. The van der Waals surface area contributed by atoms with Crippen LogP contribution in [0.25, 0.3) is 6.08 Å². The van der Waals surface area contributed by atoms with Crippen LogP contribution >= 0.6 is 11.3 Å². The molecule has 7 heteroatoms. The monoisotopic (exact) mass is 455 g/mol. The molecule has 0 radical (unpaired) electrons. The minimum Gasteiger partial charge on any atom is -0.487 e. The number of carbonyl (C=O) groups is 2. The fourth-order valence-electron chi connectivity index (χ4n) is 3.51. The number of aryl methyl sites for hydroxylation is 1. The lowest BCUT2D eigenvalue weighted by Crippen LogP contribution is -2.45. The van der Waals surface area contributed by atoms with Gasteiger partial charge in [0.25, 0.3) is 0 Å². The smallest absolute Gasteiger partial charge is 0.246 e. The van der Waals surface area contributed by atoms with Crippen molar-refractivity contribution in [3.63, 3.8) is 0 Å². The summed E-state index contributed by atoms with van der Waals surface area (Å²) in [5.74, 6) is 1.17. The van der Waals surface area contributed by atoms with Gasteiger partial charge in [-0.2, -0.15) is 0 Å². The average Bonchev–Trinajstić information content (AvgIpc) is 3.21. The van der Waals surface area contributed by atoms with Crippen molar-refractivity contribution in [2.75, 3.05) is 13.1 Å². The zero-order valence-corrected chi connectivity index (χ0v) is 20.2. The first kappa shape index (κ1) is 24.0. The number of aromatic nitrogens is 1. The molecule has 32 heavy (non-hydrogen) atoms. The topological polar surface area (TPSA) is 71.5 Å². The number of benzene rings is 1. The van der Waals surface area contributed by atoms with Crippen molar-refractivity contribution in [3.8, 4) is 5.75 Å². The van der Waals surface area contributed by atoms with Crippen LogP contribution in [0.15, 0.2) is 35.7 Å². The maximum absolute atomic E-state index is 12.7. The number of rotatable bonds is 8. The molecule has 0 aliphatic carbocycles. The van der Waals surface area contributed by atoms with E-state index in [-0.39, 0.29) is 23.8 Å². The number of hydrogen-bond donors (Lipinski definition) is 1. The molecule has 1 atom stereocenters. The highest BCUT2D eigenvalue weighted by molar-refractivity contribution is 7.09. The zero-order chi connectivity index (χ0) is 23.1. The van der Waals surface area contributed by atoms with Gasteiger partial charge in [-0.25, -0.2) is 4.98 Å². The second-order valence-electron chi connectivity index (χ2n) is 8.66. The summed E-state index contributed by atoms with van der Waals surface area (Å²) in [5.41, 5.74) is 1.75. The zero-order valence-electron chi connectivity index (χ0n) is 19.3.